The van der Waals surface area contributed by atoms with Crippen molar-refractivity contribution in [3.63, 3.8) is 0 Å². The van der Waals surface area contributed by atoms with Gasteiger partial charge < -0.3 is 14.6 Å². The van der Waals surface area contributed by atoms with Crippen LogP contribution in [0.2, 0.25) is 0 Å². The zero-order valence-corrected chi connectivity index (χ0v) is 18.4. The number of likely N-dealkylation sites (tertiary alicyclic amines) is 1. The summed E-state index contributed by atoms with van der Waals surface area (Å²) < 4.78 is 7.79. The number of piperidine rings is 1. The van der Waals surface area contributed by atoms with E-state index in [9.17, 15) is 9.59 Å². The van der Waals surface area contributed by atoms with Gasteiger partial charge in [0.15, 0.2) is 6.61 Å². The number of ether oxygens (including phenoxy) is 1. The molecular formula is C27H27N3O3. The highest BCUT2D eigenvalue weighted by Gasteiger charge is 2.26. The fraction of sp³-hybridized carbons (Fsp3) is 0.259. The first-order valence-electron chi connectivity index (χ1n) is 11.4. The van der Waals surface area contributed by atoms with Gasteiger partial charge in [0.2, 0.25) is 0 Å². The quantitative estimate of drug-likeness (QED) is 0.489. The van der Waals surface area contributed by atoms with Gasteiger partial charge in [-0.25, -0.2) is 4.79 Å². The average molecular weight is 442 g/mol. The molecule has 168 valence electrons. The van der Waals surface area contributed by atoms with Gasteiger partial charge in [0.1, 0.15) is 5.75 Å². The monoisotopic (exact) mass is 441 g/mol. The number of aromatic nitrogens is 2. The molecule has 0 atom stereocenters. The van der Waals surface area contributed by atoms with Gasteiger partial charge in [-0.05, 0) is 42.2 Å². The number of hydrogen-bond donors (Lipinski definition) is 1. The molecule has 0 saturated carbocycles. The van der Waals surface area contributed by atoms with Crippen molar-refractivity contribution in [2.45, 2.75) is 25.3 Å². The summed E-state index contributed by atoms with van der Waals surface area (Å²) in [7, 11) is 0. The molecule has 0 bridgehead atoms. The minimum Gasteiger partial charge on any atom is -0.483 e. The number of nitrogens with zero attached hydrogens (tertiary/aromatic N) is 2. The molecule has 3 aromatic carbocycles. The zero-order chi connectivity index (χ0) is 22.6. The van der Waals surface area contributed by atoms with Crippen LogP contribution in [0.1, 0.15) is 30.0 Å². The molecule has 5 rings (SSSR count). The first-order valence-corrected chi connectivity index (χ1v) is 11.4. The minimum absolute atomic E-state index is 0.0174. The summed E-state index contributed by atoms with van der Waals surface area (Å²) in [6, 6.07) is 25.9. The standard InChI is InChI=1S/C27H27N3O3/c31-26(19-33-25-13-7-4-10-21(25)18-20-8-2-1-3-9-20)29-16-14-22(15-17-29)30-24-12-6-5-11-23(24)28-27(30)32/h1-13,22H,14-19H2,(H,28,32). The first kappa shape index (κ1) is 21.1. The lowest BCUT2D eigenvalue weighted by molar-refractivity contribution is -0.134. The van der Waals surface area contributed by atoms with Crippen LogP contribution in [0.15, 0.2) is 83.7 Å². The van der Waals surface area contributed by atoms with E-state index in [1.54, 1.807) is 0 Å². The number of aromatic amines is 1. The van der Waals surface area contributed by atoms with E-state index in [-0.39, 0.29) is 24.2 Å². The topological polar surface area (TPSA) is 67.3 Å². The van der Waals surface area contributed by atoms with Crippen LogP contribution in [-0.2, 0) is 11.2 Å². The Labute approximate surface area is 192 Å². The summed E-state index contributed by atoms with van der Waals surface area (Å²) >= 11 is 0. The van der Waals surface area contributed by atoms with Gasteiger partial charge in [-0.15, -0.1) is 0 Å². The molecule has 0 unspecified atom stereocenters. The van der Waals surface area contributed by atoms with Gasteiger partial charge in [-0.2, -0.15) is 0 Å². The van der Waals surface area contributed by atoms with Crippen LogP contribution in [-0.4, -0.2) is 40.1 Å². The second-order valence-electron chi connectivity index (χ2n) is 8.49. The highest BCUT2D eigenvalue weighted by molar-refractivity contribution is 5.78. The van der Waals surface area contributed by atoms with E-state index in [0.717, 1.165) is 41.6 Å². The van der Waals surface area contributed by atoms with Crippen molar-refractivity contribution in [3.8, 4) is 5.75 Å². The Morgan fingerprint density at radius 2 is 1.61 bits per heavy atom. The van der Waals surface area contributed by atoms with E-state index in [4.69, 9.17) is 4.74 Å². The third kappa shape index (κ3) is 4.55. The summed E-state index contributed by atoms with van der Waals surface area (Å²) in [5.74, 6) is 0.726. The largest absolute Gasteiger partial charge is 0.483 e. The van der Waals surface area contributed by atoms with Crippen LogP contribution < -0.4 is 10.4 Å². The molecule has 33 heavy (non-hydrogen) atoms. The summed E-state index contributed by atoms with van der Waals surface area (Å²) in [5.41, 5.74) is 3.96. The molecule has 1 saturated heterocycles. The van der Waals surface area contributed by atoms with E-state index < -0.39 is 0 Å². The second kappa shape index (κ2) is 9.36. The van der Waals surface area contributed by atoms with E-state index in [0.29, 0.717) is 13.1 Å². The molecule has 6 heteroatoms. The average Bonchev–Trinajstić information content (AvgIpc) is 3.19. The number of fused-ring (bicyclic) bond motifs is 1. The zero-order valence-electron chi connectivity index (χ0n) is 18.4. The number of benzene rings is 3. The van der Waals surface area contributed by atoms with Crippen molar-refractivity contribution in [3.05, 3.63) is 100 Å². The number of carbonyl (C=O) groups excluding carboxylic acids is 1. The maximum Gasteiger partial charge on any atom is 0.326 e. The third-order valence-corrected chi connectivity index (χ3v) is 6.37. The number of nitrogens with one attached hydrogen (secondary N) is 1. The molecule has 1 aromatic heterocycles. The summed E-state index contributed by atoms with van der Waals surface area (Å²) in [6.07, 6.45) is 2.26. The highest BCUT2D eigenvalue weighted by Crippen LogP contribution is 2.25. The van der Waals surface area contributed by atoms with Crippen molar-refractivity contribution < 1.29 is 9.53 Å². The van der Waals surface area contributed by atoms with Crippen LogP contribution >= 0.6 is 0 Å². The van der Waals surface area contributed by atoms with Gasteiger partial charge in [0, 0.05) is 25.6 Å². The number of amides is 1. The third-order valence-electron chi connectivity index (χ3n) is 6.37. The summed E-state index contributed by atoms with van der Waals surface area (Å²) in [5, 5.41) is 0. The van der Waals surface area contributed by atoms with E-state index in [1.165, 1.54) is 5.56 Å². The fourth-order valence-corrected chi connectivity index (χ4v) is 4.65. The molecular weight excluding hydrogens is 414 g/mol. The van der Waals surface area contributed by atoms with Gasteiger partial charge in [-0.3, -0.25) is 9.36 Å². The maximum absolute atomic E-state index is 12.8. The molecule has 0 spiro atoms. The van der Waals surface area contributed by atoms with Gasteiger partial charge in [0.25, 0.3) is 5.91 Å². The normalized spacial score (nSPS) is 14.5. The van der Waals surface area contributed by atoms with Gasteiger partial charge in [0.05, 0.1) is 11.0 Å². The van der Waals surface area contributed by atoms with Crippen LogP contribution in [0.3, 0.4) is 0 Å². The van der Waals surface area contributed by atoms with Crippen molar-refractivity contribution >= 4 is 16.9 Å². The Bertz CT molecular complexity index is 1300. The number of H-pyrrole nitrogens is 1. The summed E-state index contributed by atoms with van der Waals surface area (Å²) in [6.45, 7) is 1.25. The predicted octanol–water partition coefficient (Wildman–Crippen LogP) is 4.16. The number of carbonyl (C=O) groups is 1. The number of imidazole rings is 1. The predicted molar refractivity (Wildman–Crippen MR) is 129 cm³/mol. The van der Waals surface area contributed by atoms with Crippen molar-refractivity contribution in [2.24, 2.45) is 0 Å². The molecule has 1 fully saturated rings. The number of para-hydroxylation sites is 3. The Kier molecular flexibility index (Phi) is 5.98. The fourth-order valence-electron chi connectivity index (χ4n) is 4.65. The molecule has 0 aliphatic carbocycles. The van der Waals surface area contributed by atoms with Crippen LogP contribution in [0, 0.1) is 0 Å². The van der Waals surface area contributed by atoms with Crippen LogP contribution in [0.5, 0.6) is 5.75 Å². The van der Waals surface area contributed by atoms with Gasteiger partial charge in [-0.1, -0.05) is 60.7 Å². The summed E-state index contributed by atoms with van der Waals surface area (Å²) in [4.78, 5) is 30.1. The van der Waals surface area contributed by atoms with E-state index in [2.05, 4.69) is 17.1 Å². The van der Waals surface area contributed by atoms with Gasteiger partial charge >= 0.3 is 5.69 Å². The molecule has 4 aromatic rings. The van der Waals surface area contributed by atoms with Crippen LogP contribution in [0.4, 0.5) is 0 Å². The smallest absolute Gasteiger partial charge is 0.326 e. The maximum atomic E-state index is 12.8. The van der Waals surface area contributed by atoms with E-state index in [1.807, 2.05) is 76.2 Å². The molecule has 1 amide bonds. The molecule has 2 heterocycles. The molecule has 1 aliphatic heterocycles. The number of rotatable bonds is 6. The Balaban J connectivity index is 1.20. The molecule has 0 radical (unpaired) electrons. The van der Waals surface area contributed by atoms with E-state index >= 15 is 0 Å². The lowest BCUT2D eigenvalue weighted by Crippen LogP contribution is -2.42. The Hall–Kier alpha value is -3.80. The van der Waals surface area contributed by atoms with Crippen molar-refractivity contribution in [1.29, 1.82) is 0 Å². The minimum atomic E-state index is -0.0840. The first-order chi connectivity index (χ1) is 16.2. The Morgan fingerprint density at radius 3 is 2.42 bits per heavy atom. The molecule has 1 N–H and O–H groups in total. The van der Waals surface area contributed by atoms with Crippen molar-refractivity contribution in [1.82, 2.24) is 14.5 Å². The number of hydrogen-bond acceptors (Lipinski definition) is 3. The molecule has 6 nitrogen and oxygen atoms in total. The highest BCUT2D eigenvalue weighted by atomic mass is 16.5. The van der Waals surface area contributed by atoms with Crippen LogP contribution in [0.25, 0.3) is 11.0 Å². The lowest BCUT2D eigenvalue weighted by Gasteiger charge is -2.32. The lowest BCUT2D eigenvalue weighted by atomic mass is 10.0. The Morgan fingerprint density at radius 1 is 0.909 bits per heavy atom. The molecule has 1 aliphatic rings. The van der Waals surface area contributed by atoms with Crippen molar-refractivity contribution in [2.75, 3.05) is 19.7 Å². The SMILES string of the molecule is O=C(COc1ccccc1Cc1ccccc1)N1CCC(n2c(=O)[nH]c3ccccc32)CC1. The second-order valence-corrected chi connectivity index (χ2v) is 8.49.